The minimum atomic E-state index is 0.115. The van der Waals surface area contributed by atoms with Gasteiger partial charge in [-0.25, -0.2) is 0 Å². The van der Waals surface area contributed by atoms with Gasteiger partial charge in [0.2, 0.25) is 0 Å². The number of nitrogens with zero attached hydrogens (tertiary/aromatic N) is 3. The molecule has 1 aromatic carbocycles. The maximum absolute atomic E-state index is 12.8. The maximum atomic E-state index is 12.8. The molecule has 1 fully saturated rings. The number of aryl methyl sites for hydroxylation is 1. The molecule has 1 aromatic heterocycles. The Hall–Kier alpha value is -2.36. The number of carbonyl (C=O) groups excluding carboxylic acids is 1. The second-order valence-corrected chi connectivity index (χ2v) is 6.18. The Labute approximate surface area is 130 Å². The van der Waals surface area contributed by atoms with Gasteiger partial charge in [-0.3, -0.25) is 9.48 Å². The fourth-order valence-corrected chi connectivity index (χ4v) is 3.69. The predicted molar refractivity (Wildman–Crippen MR) is 85.2 cm³/mol. The molecule has 1 saturated heterocycles. The third-order valence-corrected chi connectivity index (χ3v) is 4.73. The molecule has 0 aliphatic carbocycles. The molecule has 0 saturated carbocycles. The van der Waals surface area contributed by atoms with E-state index in [1.54, 1.807) is 17.1 Å². The van der Waals surface area contributed by atoms with E-state index < -0.39 is 0 Å². The lowest BCUT2D eigenvalue weighted by Crippen LogP contribution is -2.42. The van der Waals surface area contributed by atoms with E-state index in [1.165, 1.54) is 11.1 Å². The van der Waals surface area contributed by atoms with Crippen LogP contribution in [0.2, 0.25) is 0 Å². The number of amides is 1. The number of rotatable bonds is 2. The smallest absolute Gasteiger partial charge is 0.257 e. The molecule has 2 aliphatic heterocycles. The highest BCUT2D eigenvalue weighted by atomic mass is 16.2. The van der Waals surface area contributed by atoms with Crippen LogP contribution in [0, 0.1) is 0 Å². The van der Waals surface area contributed by atoms with Crippen LogP contribution in [0.4, 0.5) is 0 Å². The number of benzene rings is 1. The monoisotopic (exact) mass is 293 g/mol. The number of aromatic nitrogens is 2. The highest BCUT2D eigenvalue weighted by Gasteiger charge is 2.40. The molecule has 4 nitrogen and oxygen atoms in total. The Bertz CT molecular complexity index is 732. The fraction of sp³-hybridized carbons (Fsp3) is 0.333. The molecule has 2 bridgehead atoms. The standard InChI is InChI=1S/C18H19N3O/c1-20-12-15(11-19-20)18(22)21-16-7-8-17(21)10-14(9-16)13-5-3-2-4-6-13/h2-6,9,11-12,16-17H,7-8,10H2,1H3/t16-,17-/m1/s1. The van der Waals surface area contributed by atoms with Crippen molar-refractivity contribution >= 4 is 11.5 Å². The summed E-state index contributed by atoms with van der Waals surface area (Å²) in [6.45, 7) is 0. The zero-order valence-electron chi connectivity index (χ0n) is 12.6. The van der Waals surface area contributed by atoms with Gasteiger partial charge in [0.05, 0.1) is 17.8 Å². The van der Waals surface area contributed by atoms with Crippen LogP contribution in [0.25, 0.3) is 5.57 Å². The second-order valence-electron chi connectivity index (χ2n) is 6.18. The van der Waals surface area contributed by atoms with E-state index in [1.807, 2.05) is 13.1 Å². The van der Waals surface area contributed by atoms with Gasteiger partial charge < -0.3 is 4.90 Å². The van der Waals surface area contributed by atoms with Gasteiger partial charge in [0.25, 0.3) is 5.91 Å². The number of hydrogen-bond donors (Lipinski definition) is 0. The molecule has 2 aliphatic rings. The third-order valence-electron chi connectivity index (χ3n) is 4.73. The Morgan fingerprint density at radius 1 is 1.23 bits per heavy atom. The molecule has 3 heterocycles. The van der Waals surface area contributed by atoms with Crippen LogP contribution in [0.3, 0.4) is 0 Å². The highest BCUT2D eigenvalue weighted by Crippen LogP contribution is 2.39. The van der Waals surface area contributed by atoms with Crippen LogP contribution in [0.1, 0.15) is 35.2 Å². The average Bonchev–Trinajstić information content (AvgIpc) is 3.09. The van der Waals surface area contributed by atoms with Gasteiger partial charge in [0, 0.05) is 19.3 Å². The molecule has 4 heteroatoms. The molecule has 4 rings (SSSR count). The number of carbonyl (C=O) groups is 1. The lowest BCUT2D eigenvalue weighted by molar-refractivity contribution is 0.0692. The molecule has 2 atom stereocenters. The summed E-state index contributed by atoms with van der Waals surface area (Å²) in [5.74, 6) is 0.115. The van der Waals surface area contributed by atoms with Crippen LogP contribution < -0.4 is 0 Å². The summed E-state index contributed by atoms with van der Waals surface area (Å²) in [6.07, 6.45) is 8.85. The molecule has 0 N–H and O–H groups in total. The van der Waals surface area contributed by atoms with E-state index in [0.29, 0.717) is 11.6 Å². The molecular formula is C18H19N3O. The van der Waals surface area contributed by atoms with Crippen molar-refractivity contribution in [2.75, 3.05) is 0 Å². The van der Waals surface area contributed by atoms with Gasteiger partial charge in [-0.2, -0.15) is 5.10 Å². The molecule has 1 amide bonds. The molecule has 0 radical (unpaired) electrons. The van der Waals surface area contributed by atoms with Crippen LogP contribution in [0.15, 0.2) is 48.8 Å². The maximum Gasteiger partial charge on any atom is 0.257 e. The summed E-state index contributed by atoms with van der Waals surface area (Å²) in [5.41, 5.74) is 3.35. The first-order chi connectivity index (χ1) is 10.7. The van der Waals surface area contributed by atoms with Crippen molar-refractivity contribution in [3.05, 3.63) is 59.9 Å². The molecule has 0 spiro atoms. The Morgan fingerprint density at radius 2 is 2.05 bits per heavy atom. The van der Waals surface area contributed by atoms with Crippen molar-refractivity contribution in [3.63, 3.8) is 0 Å². The van der Waals surface area contributed by atoms with Crippen LogP contribution in [-0.4, -0.2) is 32.7 Å². The van der Waals surface area contributed by atoms with E-state index in [-0.39, 0.29) is 11.9 Å². The Morgan fingerprint density at radius 3 is 2.73 bits per heavy atom. The first kappa shape index (κ1) is 13.3. The van der Waals surface area contributed by atoms with Crippen molar-refractivity contribution in [2.24, 2.45) is 7.05 Å². The summed E-state index contributed by atoms with van der Waals surface area (Å²) in [6, 6.07) is 11.0. The second kappa shape index (κ2) is 5.13. The van der Waals surface area contributed by atoms with Gasteiger partial charge in [-0.05, 0) is 30.4 Å². The zero-order chi connectivity index (χ0) is 15.1. The average molecular weight is 293 g/mol. The van der Waals surface area contributed by atoms with E-state index in [2.05, 4.69) is 40.3 Å². The highest BCUT2D eigenvalue weighted by molar-refractivity contribution is 5.95. The first-order valence-electron chi connectivity index (χ1n) is 7.80. The minimum Gasteiger partial charge on any atom is -0.329 e. The first-order valence-corrected chi connectivity index (χ1v) is 7.80. The summed E-state index contributed by atoms with van der Waals surface area (Å²) in [5, 5.41) is 4.12. The molecular weight excluding hydrogens is 274 g/mol. The van der Waals surface area contributed by atoms with Crippen LogP contribution >= 0.6 is 0 Å². The van der Waals surface area contributed by atoms with E-state index in [4.69, 9.17) is 0 Å². The topological polar surface area (TPSA) is 38.1 Å². The number of hydrogen-bond acceptors (Lipinski definition) is 2. The molecule has 2 aromatic rings. The van der Waals surface area contributed by atoms with Gasteiger partial charge in [0.1, 0.15) is 0 Å². The van der Waals surface area contributed by atoms with Crippen molar-refractivity contribution in [3.8, 4) is 0 Å². The summed E-state index contributed by atoms with van der Waals surface area (Å²) < 4.78 is 1.68. The van der Waals surface area contributed by atoms with Gasteiger partial charge in [-0.1, -0.05) is 36.4 Å². The van der Waals surface area contributed by atoms with E-state index >= 15 is 0 Å². The zero-order valence-corrected chi connectivity index (χ0v) is 12.6. The predicted octanol–water partition coefficient (Wildman–Crippen LogP) is 2.88. The SMILES string of the molecule is Cn1cc(C(=O)N2[C@@H]3CC[C@@H]2C=C(c2ccccc2)C3)cn1. The molecule has 22 heavy (non-hydrogen) atoms. The van der Waals surface area contributed by atoms with Crippen molar-refractivity contribution in [1.29, 1.82) is 0 Å². The normalized spacial score (nSPS) is 23.5. The largest absolute Gasteiger partial charge is 0.329 e. The lowest BCUT2D eigenvalue weighted by atomic mass is 9.94. The van der Waals surface area contributed by atoms with Crippen molar-refractivity contribution in [1.82, 2.24) is 14.7 Å². The van der Waals surface area contributed by atoms with E-state index in [0.717, 1.165) is 19.3 Å². The number of fused-ring (bicyclic) bond motifs is 2. The van der Waals surface area contributed by atoms with Gasteiger partial charge >= 0.3 is 0 Å². The van der Waals surface area contributed by atoms with Crippen molar-refractivity contribution < 1.29 is 4.79 Å². The fourth-order valence-electron chi connectivity index (χ4n) is 3.69. The van der Waals surface area contributed by atoms with Crippen molar-refractivity contribution in [2.45, 2.75) is 31.3 Å². The summed E-state index contributed by atoms with van der Waals surface area (Å²) in [4.78, 5) is 14.8. The van der Waals surface area contributed by atoms with Crippen LogP contribution in [0.5, 0.6) is 0 Å². The summed E-state index contributed by atoms with van der Waals surface area (Å²) >= 11 is 0. The lowest BCUT2D eigenvalue weighted by Gasteiger charge is -2.34. The quantitative estimate of drug-likeness (QED) is 0.854. The third kappa shape index (κ3) is 2.15. The summed E-state index contributed by atoms with van der Waals surface area (Å²) in [7, 11) is 1.84. The van der Waals surface area contributed by atoms with Crippen LogP contribution in [-0.2, 0) is 7.05 Å². The van der Waals surface area contributed by atoms with Gasteiger partial charge in [-0.15, -0.1) is 0 Å². The minimum absolute atomic E-state index is 0.115. The Kier molecular flexibility index (Phi) is 3.10. The molecule has 0 unspecified atom stereocenters. The molecule has 112 valence electrons. The van der Waals surface area contributed by atoms with Gasteiger partial charge in [0.15, 0.2) is 0 Å². The Balaban J connectivity index is 1.63. The van der Waals surface area contributed by atoms with E-state index in [9.17, 15) is 4.79 Å².